The second kappa shape index (κ2) is 7.02. The molecule has 1 heterocycles. The van der Waals surface area contributed by atoms with E-state index in [9.17, 15) is 4.79 Å². The zero-order chi connectivity index (χ0) is 14.5. The second-order valence-corrected chi connectivity index (χ2v) is 7.24. The van der Waals surface area contributed by atoms with Crippen LogP contribution in [0.3, 0.4) is 0 Å². The van der Waals surface area contributed by atoms with Gasteiger partial charge in [0.15, 0.2) is 0 Å². The van der Waals surface area contributed by atoms with Gasteiger partial charge in [0.2, 0.25) is 5.91 Å². The van der Waals surface area contributed by atoms with Crippen molar-refractivity contribution in [1.29, 1.82) is 0 Å². The minimum atomic E-state index is -0.495. The monoisotopic (exact) mass is 352 g/mol. The van der Waals surface area contributed by atoms with E-state index in [-0.39, 0.29) is 5.91 Å². The number of hydrogen-bond donors (Lipinski definition) is 1. The standard InChI is InChI=1S/C15H17BrN2OS/c1-18(10-12-7-8-14(16)20-12)15(19)13(17)9-11-5-3-2-4-6-11/h2-8,13H,9-10,17H2,1H3. The summed E-state index contributed by atoms with van der Waals surface area (Å²) in [5.74, 6) is -0.0293. The highest BCUT2D eigenvalue weighted by atomic mass is 79.9. The lowest BCUT2D eigenvalue weighted by molar-refractivity contribution is -0.131. The average Bonchev–Trinajstić information content (AvgIpc) is 2.84. The maximum absolute atomic E-state index is 12.3. The third-order valence-corrected chi connectivity index (χ3v) is 4.62. The summed E-state index contributed by atoms with van der Waals surface area (Å²) in [6, 6.07) is 13.4. The highest BCUT2D eigenvalue weighted by Crippen LogP contribution is 2.23. The molecule has 0 bridgehead atoms. The molecule has 0 saturated heterocycles. The third-order valence-electron chi connectivity index (χ3n) is 3.01. The number of thiophene rings is 1. The van der Waals surface area contributed by atoms with E-state index in [0.717, 1.165) is 14.2 Å². The lowest BCUT2D eigenvalue weighted by Crippen LogP contribution is -2.42. The Morgan fingerprint density at radius 2 is 2.00 bits per heavy atom. The van der Waals surface area contributed by atoms with Crippen LogP contribution in [0.1, 0.15) is 10.4 Å². The van der Waals surface area contributed by atoms with Crippen molar-refractivity contribution in [1.82, 2.24) is 4.90 Å². The van der Waals surface area contributed by atoms with Crippen LogP contribution in [-0.4, -0.2) is 23.9 Å². The van der Waals surface area contributed by atoms with Crippen molar-refractivity contribution in [2.24, 2.45) is 5.73 Å². The maximum Gasteiger partial charge on any atom is 0.239 e. The zero-order valence-corrected chi connectivity index (χ0v) is 13.7. The molecule has 0 radical (unpaired) electrons. The Balaban J connectivity index is 1.92. The predicted octanol–water partition coefficient (Wildman–Crippen LogP) is 3.04. The van der Waals surface area contributed by atoms with Crippen LogP contribution in [-0.2, 0) is 17.8 Å². The lowest BCUT2D eigenvalue weighted by Gasteiger charge is -2.20. The number of nitrogens with zero attached hydrogens (tertiary/aromatic N) is 1. The van der Waals surface area contributed by atoms with Crippen molar-refractivity contribution in [2.45, 2.75) is 19.0 Å². The Kier molecular flexibility index (Phi) is 5.34. The van der Waals surface area contributed by atoms with Gasteiger partial charge in [0.25, 0.3) is 0 Å². The second-order valence-electron chi connectivity index (χ2n) is 4.70. The first kappa shape index (κ1) is 15.2. The molecule has 3 nitrogen and oxygen atoms in total. The molecule has 0 spiro atoms. The molecule has 1 atom stereocenters. The molecule has 0 aliphatic carbocycles. The van der Waals surface area contributed by atoms with Crippen LogP contribution in [0.15, 0.2) is 46.3 Å². The molecule has 1 aromatic heterocycles. The molecule has 106 valence electrons. The minimum Gasteiger partial charge on any atom is -0.339 e. The molecule has 2 aromatic rings. The number of carbonyl (C=O) groups excluding carboxylic acids is 1. The van der Waals surface area contributed by atoms with Gasteiger partial charge in [-0.25, -0.2) is 0 Å². The molecule has 0 aliphatic heterocycles. The Hall–Kier alpha value is -1.17. The fraction of sp³-hybridized carbons (Fsp3) is 0.267. The van der Waals surface area contributed by atoms with Crippen molar-refractivity contribution in [3.8, 4) is 0 Å². The molecular weight excluding hydrogens is 336 g/mol. The SMILES string of the molecule is CN(Cc1ccc(Br)s1)C(=O)C(N)Cc1ccccc1. The summed E-state index contributed by atoms with van der Waals surface area (Å²) < 4.78 is 1.07. The van der Waals surface area contributed by atoms with E-state index in [1.807, 2.05) is 42.5 Å². The number of hydrogen-bond acceptors (Lipinski definition) is 3. The predicted molar refractivity (Wildman–Crippen MR) is 86.6 cm³/mol. The average molecular weight is 353 g/mol. The Labute approximate surface area is 131 Å². The molecule has 0 fully saturated rings. The summed E-state index contributed by atoms with van der Waals surface area (Å²) >= 11 is 5.05. The summed E-state index contributed by atoms with van der Waals surface area (Å²) in [5, 5.41) is 0. The summed E-state index contributed by atoms with van der Waals surface area (Å²) in [4.78, 5) is 15.1. The van der Waals surface area contributed by atoms with Gasteiger partial charge in [0, 0.05) is 11.9 Å². The van der Waals surface area contributed by atoms with Gasteiger partial charge in [-0.3, -0.25) is 4.79 Å². The van der Waals surface area contributed by atoms with Crippen molar-refractivity contribution in [3.63, 3.8) is 0 Å². The molecule has 20 heavy (non-hydrogen) atoms. The smallest absolute Gasteiger partial charge is 0.239 e. The van der Waals surface area contributed by atoms with E-state index in [1.54, 1.807) is 23.3 Å². The summed E-state index contributed by atoms with van der Waals surface area (Å²) in [7, 11) is 1.79. The molecule has 0 saturated carbocycles. The van der Waals surface area contributed by atoms with Gasteiger partial charge < -0.3 is 10.6 Å². The number of carbonyl (C=O) groups is 1. The normalized spacial score (nSPS) is 12.2. The fourth-order valence-corrected chi connectivity index (χ4v) is 3.52. The highest BCUT2D eigenvalue weighted by Gasteiger charge is 2.18. The molecule has 5 heteroatoms. The van der Waals surface area contributed by atoms with Gasteiger partial charge >= 0.3 is 0 Å². The van der Waals surface area contributed by atoms with Crippen LogP contribution in [0, 0.1) is 0 Å². The Morgan fingerprint density at radius 1 is 1.30 bits per heavy atom. The van der Waals surface area contributed by atoms with Crippen molar-refractivity contribution < 1.29 is 4.79 Å². The van der Waals surface area contributed by atoms with E-state index in [1.165, 1.54) is 0 Å². The summed E-state index contributed by atoms with van der Waals surface area (Å²) in [5.41, 5.74) is 7.10. The molecule has 2 N–H and O–H groups in total. The number of halogens is 1. The van der Waals surface area contributed by atoms with E-state index in [0.29, 0.717) is 13.0 Å². The lowest BCUT2D eigenvalue weighted by atomic mass is 10.1. The minimum absolute atomic E-state index is 0.0293. The van der Waals surface area contributed by atoms with Crippen LogP contribution in [0.5, 0.6) is 0 Å². The first-order valence-electron chi connectivity index (χ1n) is 6.35. The van der Waals surface area contributed by atoms with Crippen molar-refractivity contribution >= 4 is 33.2 Å². The largest absolute Gasteiger partial charge is 0.339 e. The van der Waals surface area contributed by atoms with Crippen molar-refractivity contribution in [2.75, 3.05) is 7.05 Å². The van der Waals surface area contributed by atoms with E-state index >= 15 is 0 Å². The first-order valence-corrected chi connectivity index (χ1v) is 7.96. The number of amides is 1. The van der Waals surface area contributed by atoms with E-state index in [2.05, 4.69) is 15.9 Å². The van der Waals surface area contributed by atoms with Gasteiger partial charge in [-0.15, -0.1) is 11.3 Å². The van der Waals surface area contributed by atoms with Gasteiger partial charge in [-0.2, -0.15) is 0 Å². The van der Waals surface area contributed by atoms with E-state index in [4.69, 9.17) is 5.73 Å². The Bertz CT molecular complexity index is 570. The first-order chi connectivity index (χ1) is 9.56. The van der Waals surface area contributed by atoms with Gasteiger partial charge in [-0.05, 0) is 40.0 Å². The number of likely N-dealkylation sites (N-methyl/N-ethyl adjacent to an activating group) is 1. The van der Waals surface area contributed by atoms with Crippen LogP contribution in [0.2, 0.25) is 0 Å². The molecule has 1 amide bonds. The van der Waals surface area contributed by atoms with Gasteiger partial charge in [0.1, 0.15) is 0 Å². The van der Waals surface area contributed by atoms with Crippen LogP contribution < -0.4 is 5.73 Å². The molecule has 1 unspecified atom stereocenters. The topological polar surface area (TPSA) is 46.3 Å². The van der Waals surface area contributed by atoms with Crippen LogP contribution in [0.4, 0.5) is 0 Å². The summed E-state index contributed by atoms with van der Waals surface area (Å²) in [6.45, 7) is 0.595. The van der Waals surface area contributed by atoms with Crippen LogP contribution in [0.25, 0.3) is 0 Å². The quantitative estimate of drug-likeness (QED) is 0.898. The number of benzene rings is 1. The molecule has 2 rings (SSSR count). The summed E-state index contributed by atoms with van der Waals surface area (Å²) in [6.07, 6.45) is 0.568. The third kappa shape index (κ3) is 4.16. The molecule has 1 aromatic carbocycles. The number of nitrogens with two attached hydrogens (primary N) is 1. The maximum atomic E-state index is 12.3. The molecule has 0 aliphatic rings. The van der Waals surface area contributed by atoms with Crippen LogP contribution >= 0.6 is 27.3 Å². The van der Waals surface area contributed by atoms with E-state index < -0.39 is 6.04 Å². The van der Waals surface area contributed by atoms with Gasteiger partial charge in [0.05, 0.1) is 16.4 Å². The Morgan fingerprint density at radius 3 is 2.60 bits per heavy atom. The molecular formula is C15H17BrN2OS. The highest BCUT2D eigenvalue weighted by molar-refractivity contribution is 9.11. The van der Waals surface area contributed by atoms with Crippen molar-refractivity contribution in [3.05, 3.63) is 56.7 Å². The zero-order valence-electron chi connectivity index (χ0n) is 11.3. The number of rotatable bonds is 5. The fourth-order valence-electron chi connectivity index (χ4n) is 1.99. The van der Waals surface area contributed by atoms with Gasteiger partial charge in [-0.1, -0.05) is 30.3 Å².